The van der Waals surface area contributed by atoms with E-state index in [2.05, 4.69) is 33.5 Å². The Bertz CT molecular complexity index is 1150. The second-order valence-electron chi connectivity index (χ2n) is 6.54. The van der Waals surface area contributed by atoms with Crippen molar-refractivity contribution in [3.8, 4) is 11.1 Å². The molecule has 4 heterocycles. The van der Waals surface area contributed by atoms with Crippen LogP contribution in [-0.2, 0) is 13.1 Å². The molecule has 0 bridgehead atoms. The minimum atomic E-state index is 0.639. The van der Waals surface area contributed by atoms with Gasteiger partial charge in [-0.3, -0.25) is 9.36 Å². The van der Waals surface area contributed by atoms with Crippen molar-refractivity contribution in [2.24, 2.45) is 0 Å². The highest BCUT2D eigenvalue weighted by atomic mass is 15.3. The minimum absolute atomic E-state index is 0.639. The van der Waals surface area contributed by atoms with Gasteiger partial charge >= 0.3 is 0 Å². The molecule has 0 saturated heterocycles. The first-order valence-corrected chi connectivity index (χ1v) is 8.85. The molecule has 27 heavy (non-hydrogen) atoms. The molecule has 0 aliphatic rings. The highest BCUT2D eigenvalue weighted by molar-refractivity contribution is 5.59. The Hall–Kier alpha value is -3.67. The van der Waals surface area contributed by atoms with Gasteiger partial charge in [-0.1, -0.05) is 36.4 Å². The van der Waals surface area contributed by atoms with Gasteiger partial charge in [-0.2, -0.15) is 10.2 Å². The molecule has 5 aromatic rings. The quantitative estimate of drug-likeness (QED) is 0.485. The van der Waals surface area contributed by atoms with Gasteiger partial charge in [-0.15, -0.1) is 0 Å². The summed E-state index contributed by atoms with van der Waals surface area (Å²) in [6.45, 7) is 1.40. The van der Waals surface area contributed by atoms with Crippen molar-refractivity contribution in [1.82, 2.24) is 28.9 Å². The van der Waals surface area contributed by atoms with Crippen LogP contribution in [0.15, 0.2) is 85.7 Å². The van der Waals surface area contributed by atoms with Crippen molar-refractivity contribution in [3.05, 3.63) is 97.0 Å². The molecule has 6 nitrogen and oxygen atoms in total. The predicted molar refractivity (Wildman–Crippen MR) is 103 cm³/mol. The molecule has 0 unspecified atom stereocenters. The number of imidazole rings is 1. The van der Waals surface area contributed by atoms with Crippen molar-refractivity contribution in [2.45, 2.75) is 13.1 Å². The Morgan fingerprint density at radius 3 is 2.15 bits per heavy atom. The van der Waals surface area contributed by atoms with Gasteiger partial charge in [0.1, 0.15) is 5.65 Å². The average molecular weight is 354 g/mol. The summed E-state index contributed by atoms with van der Waals surface area (Å²) in [5.41, 5.74) is 5.28. The van der Waals surface area contributed by atoms with E-state index in [1.807, 2.05) is 81.1 Å². The molecule has 5 rings (SSSR count). The zero-order valence-electron chi connectivity index (χ0n) is 14.7. The molecule has 132 valence electrons. The maximum atomic E-state index is 4.63. The van der Waals surface area contributed by atoms with E-state index < -0.39 is 0 Å². The van der Waals surface area contributed by atoms with Gasteiger partial charge in [0.25, 0.3) is 0 Å². The fourth-order valence-corrected chi connectivity index (χ4v) is 3.20. The Morgan fingerprint density at radius 2 is 1.41 bits per heavy atom. The maximum Gasteiger partial charge on any atom is 0.137 e. The van der Waals surface area contributed by atoms with E-state index in [0.29, 0.717) is 6.54 Å². The summed E-state index contributed by atoms with van der Waals surface area (Å²) in [6.07, 6.45) is 11.9. The van der Waals surface area contributed by atoms with Crippen LogP contribution in [0.5, 0.6) is 0 Å². The van der Waals surface area contributed by atoms with Gasteiger partial charge in [0.05, 0.1) is 31.2 Å². The van der Waals surface area contributed by atoms with E-state index >= 15 is 0 Å². The Balaban J connectivity index is 1.33. The van der Waals surface area contributed by atoms with Gasteiger partial charge in [0, 0.05) is 35.9 Å². The largest absolute Gasteiger partial charge is 0.307 e. The van der Waals surface area contributed by atoms with Gasteiger partial charge < -0.3 is 4.40 Å². The summed E-state index contributed by atoms with van der Waals surface area (Å²) < 4.78 is 5.88. The zero-order valence-corrected chi connectivity index (χ0v) is 14.7. The predicted octanol–water partition coefficient (Wildman–Crippen LogP) is 3.49. The lowest BCUT2D eigenvalue weighted by Crippen LogP contribution is -1.99. The smallest absolute Gasteiger partial charge is 0.137 e. The molecule has 0 fully saturated rings. The Kier molecular flexibility index (Phi) is 3.79. The number of hydrogen-bond acceptors (Lipinski definition) is 3. The second-order valence-corrected chi connectivity index (χ2v) is 6.54. The van der Waals surface area contributed by atoms with Crippen molar-refractivity contribution in [3.63, 3.8) is 0 Å². The number of hydrogen-bond donors (Lipinski definition) is 0. The van der Waals surface area contributed by atoms with E-state index in [1.54, 1.807) is 0 Å². The molecule has 0 amide bonds. The third kappa shape index (κ3) is 3.25. The van der Waals surface area contributed by atoms with E-state index in [4.69, 9.17) is 0 Å². The van der Waals surface area contributed by atoms with Crippen LogP contribution in [0, 0.1) is 0 Å². The van der Waals surface area contributed by atoms with Crippen LogP contribution in [0.25, 0.3) is 16.8 Å². The first-order valence-electron chi connectivity index (χ1n) is 8.85. The summed E-state index contributed by atoms with van der Waals surface area (Å²) in [5.74, 6) is 0. The third-order valence-corrected chi connectivity index (χ3v) is 4.53. The summed E-state index contributed by atoms with van der Waals surface area (Å²) >= 11 is 0. The maximum absolute atomic E-state index is 4.63. The summed E-state index contributed by atoms with van der Waals surface area (Å²) in [7, 11) is 0. The lowest BCUT2D eigenvalue weighted by molar-refractivity contribution is 0.676. The van der Waals surface area contributed by atoms with Crippen LogP contribution in [-0.4, -0.2) is 28.9 Å². The van der Waals surface area contributed by atoms with E-state index in [-0.39, 0.29) is 0 Å². The topological polar surface area (TPSA) is 52.9 Å². The number of aromatic nitrogens is 6. The third-order valence-electron chi connectivity index (χ3n) is 4.53. The molecule has 1 aromatic carbocycles. The first kappa shape index (κ1) is 15.6. The number of rotatable bonds is 5. The number of fused-ring (bicyclic) bond motifs is 1. The number of pyridine rings is 1. The SMILES string of the molecule is c1ccc(Cn2cc(-c3cnn(Cc4cn5ccccc5n4)c3)cn2)cc1. The number of benzene rings is 1. The molecule has 0 spiro atoms. The van der Waals surface area contributed by atoms with Gasteiger partial charge in [-0.25, -0.2) is 4.98 Å². The lowest BCUT2D eigenvalue weighted by atomic mass is 10.2. The standard InChI is InChI=1S/C21H18N6/c1-2-6-17(7-3-1)12-26-13-18(10-22-26)19-11-23-27(14-19)16-20-15-25-9-5-4-8-21(25)24-20/h1-11,13-15H,12,16H2. The molecule has 0 atom stereocenters. The highest BCUT2D eigenvalue weighted by Gasteiger charge is 2.07. The van der Waals surface area contributed by atoms with Crippen LogP contribution in [0.4, 0.5) is 0 Å². The highest BCUT2D eigenvalue weighted by Crippen LogP contribution is 2.18. The van der Waals surface area contributed by atoms with Gasteiger partial charge in [-0.05, 0) is 17.7 Å². The summed E-state index contributed by atoms with van der Waals surface area (Å²) in [6, 6.07) is 16.3. The number of nitrogens with zero attached hydrogens (tertiary/aromatic N) is 6. The summed E-state index contributed by atoms with van der Waals surface area (Å²) in [4.78, 5) is 4.63. The van der Waals surface area contributed by atoms with Crippen LogP contribution in [0.2, 0.25) is 0 Å². The average Bonchev–Trinajstić information content (AvgIpc) is 3.42. The van der Waals surface area contributed by atoms with Crippen LogP contribution in [0.3, 0.4) is 0 Å². The molecular formula is C21H18N6. The first-order chi connectivity index (χ1) is 13.3. The minimum Gasteiger partial charge on any atom is -0.307 e. The second kappa shape index (κ2) is 6.57. The molecule has 0 radical (unpaired) electrons. The van der Waals surface area contributed by atoms with Crippen LogP contribution in [0.1, 0.15) is 11.3 Å². The molecule has 6 heteroatoms. The fraction of sp³-hybridized carbons (Fsp3) is 0.0952. The van der Waals surface area contributed by atoms with Crippen molar-refractivity contribution in [2.75, 3.05) is 0 Å². The molecular weight excluding hydrogens is 336 g/mol. The summed E-state index contributed by atoms with van der Waals surface area (Å²) in [5, 5.41) is 8.96. The van der Waals surface area contributed by atoms with Crippen LogP contribution >= 0.6 is 0 Å². The van der Waals surface area contributed by atoms with E-state index in [9.17, 15) is 0 Å². The van der Waals surface area contributed by atoms with Crippen molar-refractivity contribution in [1.29, 1.82) is 0 Å². The lowest BCUT2D eigenvalue weighted by Gasteiger charge is -2.00. The van der Waals surface area contributed by atoms with Gasteiger partial charge in [0.2, 0.25) is 0 Å². The Labute approximate surface area is 156 Å². The molecule has 0 N–H and O–H groups in total. The molecule has 0 aliphatic heterocycles. The normalized spacial score (nSPS) is 11.3. The fourth-order valence-electron chi connectivity index (χ4n) is 3.20. The van der Waals surface area contributed by atoms with Crippen molar-refractivity contribution < 1.29 is 0 Å². The molecule has 0 saturated carbocycles. The van der Waals surface area contributed by atoms with E-state index in [0.717, 1.165) is 29.0 Å². The molecule has 0 aliphatic carbocycles. The monoisotopic (exact) mass is 354 g/mol. The van der Waals surface area contributed by atoms with Crippen LogP contribution < -0.4 is 0 Å². The molecule has 4 aromatic heterocycles. The van der Waals surface area contributed by atoms with E-state index in [1.165, 1.54) is 5.56 Å². The van der Waals surface area contributed by atoms with Gasteiger partial charge in [0.15, 0.2) is 0 Å². The van der Waals surface area contributed by atoms with Crippen molar-refractivity contribution >= 4 is 5.65 Å². The zero-order chi connectivity index (χ0) is 18.1. The Morgan fingerprint density at radius 1 is 0.704 bits per heavy atom.